The number of amides is 1. The number of nitro benzene ring substituents is 1. The van der Waals surface area contributed by atoms with Crippen LogP contribution in [-0.4, -0.2) is 38.7 Å². The fourth-order valence-electron chi connectivity index (χ4n) is 1.79. The molecule has 1 amide bonds. The van der Waals surface area contributed by atoms with Gasteiger partial charge in [0.1, 0.15) is 0 Å². The van der Waals surface area contributed by atoms with Crippen LogP contribution in [0.15, 0.2) is 30.5 Å². The van der Waals surface area contributed by atoms with Crippen LogP contribution in [0.3, 0.4) is 0 Å². The highest BCUT2D eigenvalue weighted by Crippen LogP contribution is 2.26. The fourth-order valence-corrected chi connectivity index (χ4v) is 1.79. The van der Waals surface area contributed by atoms with Gasteiger partial charge in [-0.15, -0.1) is 0 Å². The van der Waals surface area contributed by atoms with Gasteiger partial charge >= 0.3 is 5.97 Å². The van der Waals surface area contributed by atoms with E-state index in [0.29, 0.717) is 0 Å². The summed E-state index contributed by atoms with van der Waals surface area (Å²) in [4.78, 5) is 33.0. The Hall–Kier alpha value is -3.23. The van der Waals surface area contributed by atoms with E-state index in [1.807, 2.05) is 0 Å². The SMILES string of the molecule is CNC(=O)c1ccn(-c2c(C(=O)O)cccc2[N+](=O)[O-])n1. The van der Waals surface area contributed by atoms with Gasteiger partial charge in [0.15, 0.2) is 11.4 Å². The van der Waals surface area contributed by atoms with Crippen LogP contribution < -0.4 is 5.32 Å². The van der Waals surface area contributed by atoms with Gasteiger partial charge in [0.05, 0.1) is 10.5 Å². The molecule has 1 aromatic heterocycles. The summed E-state index contributed by atoms with van der Waals surface area (Å²) in [6.07, 6.45) is 1.29. The highest BCUT2D eigenvalue weighted by molar-refractivity contribution is 5.94. The van der Waals surface area contributed by atoms with E-state index in [9.17, 15) is 19.7 Å². The van der Waals surface area contributed by atoms with E-state index in [-0.39, 0.29) is 16.9 Å². The van der Waals surface area contributed by atoms with Gasteiger partial charge in [-0.3, -0.25) is 14.9 Å². The zero-order chi connectivity index (χ0) is 15.6. The maximum atomic E-state index is 11.5. The van der Waals surface area contributed by atoms with E-state index in [4.69, 9.17) is 5.11 Å². The van der Waals surface area contributed by atoms with Crippen molar-refractivity contribution >= 4 is 17.6 Å². The normalized spacial score (nSPS) is 10.1. The van der Waals surface area contributed by atoms with Crippen LogP contribution in [0.4, 0.5) is 5.69 Å². The summed E-state index contributed by atoms with van der Waals surface area (Å²) in [5.41, 5.74) is -0.880. The van der Waals surface area contributed by atoms with Crippen LogP contribution in [0, 0.1) is 10.1 Å². The minimum absolute atomic E-state index is 0.0204. The number of hydrogen-bond donors (Lipinski definition) is 2. The van der Waals surface area contributed by atoms with E-state index >= 15 is 0 Å². The summed E-state index contributed by atoms with van der Waals surface area (Å²) in [7, 11) is 1.41. The maximum absolute atomic E-state index is 11.5. The van der Waals surface area contributed by atoms with Crippen molar-refractivity contribution in [1.29, 1.82) is 0 Å². The van der Waals surface area contributed by atoms with Crippen molar-refractivity contribution in [2.24, 2.45) is 0 Å². The number of carboxylic acid groups (broad SMARTS) is 1. The molecule has 0 fully saturated rings. The molecule has 2 N–H and O–H groups in total. The van der Waals surface area contributed by atoms with E-state index in [2.05, 4.69) is 10.4 Å². The number of nitrogens with zero attached hydrogens (tertiary/aromatic N) is 3. The number of hydrogen-bond acceptors (Lipinski definition) is 5. The van der Waals surface area contributed by atoms with E-state index in [1.54, 1.807) is 0 Å². The Morgan fingerprint density at radius 3 is 2.67 bits per heavy atom. The predicted octanol–water partition coefficient (Wildman–Crippen LogP) is 0.838. The van der Waals surface area contributed by atoms with E-state index < -0.39 is 22.5 Å². The molecule has 1 aromatic carbocycles. The van der Waals surface area contributed by atoms with Crippen molar-refractivity contribution in [3.05, 3.63) is 51.8 Å². The molecular formula is C12H10N4O5. The van der Waals surface area contributed by atoms with Crippen molar-refractivity contribution in [2.45, 2.75) is 0 Å². The number of benzene rings is 1. The maximum Gasteiger partial charge on any atom is 0.338 e. The number of para-hydroxylation sites is 1. The molecule has 9 nitrogen and oxygen atoms in total. The van der Waals surface area contributed by atoms with Gasteiger partial charge in [-0.05, 0) is 12.1 Å². The minimum atomic E-state index is -1.33. The molecule has 2 rings (SSSR count). The largest absolute Gasteiger partial charge is 0.478 e. The molecule has 0 atom stereocenters. The number of aromatic carboxylic acids is 1. The molecule has 0 unspecified atom stereocenters. The molecule has 21 heavy (non-hydrogen) atoms. The Labute approximate surface area is 118 Å². The molecule has 0 aliphatic rings. The van der Waals surface area contributed by atoms with Crippen LogP contribution in [-0.2, 0) is 0 Å². The number of rotatable bonds is 4. The van der Waals surface area contributed by atoms with Crippen molar-refractivity contribution in [1.82, 2.24) is 15.1 Å². The van der Waals surface area contributed by atoms with Crippen LogP contribution >= 0.6 is 0 Å². The van der Waals surface area contributed by atoms with Crippen LogP contribution in [0.1, 0.15) is 20.8 Å². The van der Waals surface area contributed by atoms with Gasteiger partial charge in [0, 0.05) is 19.3 Å². The highest BCUT2D eigenvalue weighted by atomic mass is 16.6. The number of nitro groups is 1. The topological polar surface area (TPSA) is 127 Å². The molecule has 0 aliphatic heterocycles. The number of carbonyl (C=O) groups is 2. The number of nitrogens with one attached hydrogen (secondary N) is 1. The molecule has 0 radical (unpaired) electrons. The first-order chi connectivity index (χ1) is 9.95. The Bertz CT molecular complexity index is 705. The zero-order valence-electron chi connectivity index (χ0n) is 10.8. The van der Waals surface area contributed by atoms with Crippen molar-refractivity contribution in [2.75, 3.05) is 7.05 Å². The van der Waals surface area contributed by atoms with Crippen molar-refractivity contribution in [3.63, 3.8) is 0 Å². The molecule has 9 heteroatoms. The van der Waals surface area contributed by atoms with Gasteiger partial charge in [-0.25, -0.2) is 9.48 Å². The minimum Gasteiger partial charge on any atom is -0.478 e. The van der Waals surface area contributed by atoms with Crippen molar-refractivity contribution < 1.29 is 19.6 Å². The lowest BCUT2D eigenvalue weighted by molar-refractivity contribution is -0.384. The summed E-state index contributed by atoms with van der Waals surface area (Å²) in [6, 6.07) is 5.00. The van der Waals surface area contributed by atoms with E-state index in [1.165, 1.54) is 37.5 Å². The average molecular weight is 290 g/mol. The van der Waals surface area contributed by atoms with Crippen LogP contribution in [0.5, 0.6) is 0 Å². The first-order valence-electron chi connectivity index (χ1n) is 5.74. The second-order valence-electron chi connectivity index (χ2n) is 3.96. The monoisotopic (exact) mass is 290 g/mol. The first-order valence-corrected chi connectivity index (χ1v) is 5.74. The number of carboxylic acids is 1. The average Bonchev–Trinajstić information content (AvgIpc) is 2.94. The number of aromatic nitrogens is 2. The number of carbonyl (C=O) groups excluding carboxylic acids is 1. The van der Waals surface area contributed by atoms with Crippen LogP contribution in [0.2, 0.25) is 0 Å². The summed E-state index contributed by atoms with van der Waals surface area (Å²) >= 11 is 0. The predicted molar refractivity (Wildman–Crippen MR) is 70.6 cm³/mol. The molecule has 1 heterocycles. The molecule has 0 spiro atoms. The Balaban J connectivity index is 2.66. The summed E-state index contributed by atoms with van der Waals surface area (Å²) in [6.45, 7) is 0. The second-order valence-corrected chi connectivity index (χ2v) is 3.96. The molecule has 108 valence electrons. The van der Waals surface area contributed by atoms with Crippen molar-refractivity contribution in [3.8, 4) is 5.69 Å². The Morgan fingerprint density at radius 2 is 2.10 bits per heavy atom. The molecule has 0 saturated carbocycles. The van der Waals surface area contributed by atoms with Gasteiger partial charge in [0.25, 0.3) is 11.6 Å². The molecular weight excluding hydrogens is 280 g/mol. The first kappa shape index (κ1) is 14.2. The lowest BCUT2D eigenvalue weighted by Crippen LogP contribution is -2.19. The Morgan fingerprint density at radius 1 is 1.38 bits per heavy atom. The third-order valence-electron chi connectivity index (χ3n) is 2.72. The van der Waals surface area contributed by atoms with Crippen LogP contribution in [0.25, 0.3) is 5.69 Å². The zero-order valence-corrected chi connectivity index (χ0v) is 10.8. The quantitative estimate of drug-likeness (QED) is 0.634. The van der Waals surface area contributed by atoms with Gasteiger partial charge < -0.3 is 10.4 Å². The fraction of sp³-hybridized carbons (Fsp3) is 0.0833. The standard InChI is InChI=1S/C12H10N4O5/c1-13-11(17)8-5-6-15(14-8)10-7(12(18)19)3-2-4-9(10)16(20)21/h2-6H,1H3,(H,13,17)(H,18,19). The molecule has 2 aromatic rings. The Kier molecular flexibility index (Phi) is 3.65. The third-order valence-corrected chi connectivity index (χ3v) is 2.72. The lowest BCUT2D eigenvalue weighted by atomic mass is 10.1. The third kappa shape index (κ3) is 2.56. The van der Waals surface area contributed by atoms with Gasteiger partial charge in [0.2, 0.25) is 0 Å². The molecule has 0 saturated heterocycles. The summed E-state index contributed by atoms with van der Waals surface area (Å²) in [5.74, 6) is -1.81. The van der Waals surface area contributed by atoms with E-state index in [0.717, 1.165) is 4.68 Å². The summed E-state index contributed by atoms with van der Waals surface area (Å²) < 4.78 is 1.01. The molecule has 0 aliphatic carbocycles. The van der Waals surface area contributed by atoms with Gasteiger partial charge in [-0.1, -0.05) is 6.07 Å². The lowest BCUT2D eigenvalue weighted by Gasteiger charge is -2.06. The second kappa shape index (κ2) is 5.41. The molecule has 0 bridgehead atoms. The highest BCUT2D eigenvalue weighted by Gasteiger charge is 2.24. The summed E-state index contributed by atoms with van der Waals surface area (Å²) in [5, 5.41) is 26.4. The van der Waals surface area contributed by atoms with Gasteiger partial charge in [-0.2, -0.15) is 5.10 Å². The smallest absolute Gasteiger partial charge is 0.338 e.